The van der Waals surface area contributed by atoms with Gasteiger partial charge in [-0.15, -0.1) is 0 Å². The van der Waals surface area contributed by atoms with E-state index in [4.69, 9.17) is 19.9 Å². The molecule has 2 heterocycles. The van der Waals surface area contributed by atoms with E-state index in [2.05, 4.69) is 4.90 Å². The number of nitrogens with zero attached hydrogens (tertiary/aromatic N) is 2. The predicted molar refractivity (Wildman–Crippen MR) is 149 cm³/mol. The summed E-state index contributed by atoms with van der Waals surface area (Å²) in [5.41, 5.74) is 7.05. The molecular formula is C30H37N3O7. The van der Waals surface area contributed by atoms with Crippen molar-refractivity contribution in [3.05, 3.63) is 64.7 Å². The Hall–Kier alpha value is -3.89. The monoisotopic (exact) mass is 551 g/mol. The minimum Gasteiger partial charge on any atom is -0.507 e. The number of ether oxygens (including phenoxy) is 3. The lowest BCUT2D eigenvalue weighted by Crippen LogP contribution is -2.38. The van der Waals surface area contributed by atoms with Gasteiger partial charge in [-0.05, 0) is 68.7 Å². The molecule has 0 spiro atoms. The van der Waals surface area contributed by atoms with Crippen LogP contribution in [0.15, 0.2) is 48.0 Å². The molecule has 0 aromatic heterocycles. The van der Waals surface area contributed by atoms with Crippen LogP contribution >= 0.6 is 0 Å². The number of amides is 2. The Bertz CT molecular complexity index is 1270. The highest BCUT2D eigenvalue weighted by Gasteiger charge is 2.45. The number of aliphatic hydroxyl groups excluding tert-OH is 1. The average Bonchev–Trinajstić information content (AvgIpc) is 3.18. The molecule has 1 atom stereocenters. The molecule has 2 fully saturated rings. The van der Waals surface area contributed by atoms with Crippen LogP contribution in [0.4, 0.5) is 0 Å². The molecule has 4 rings (SSSR count). The summed E-state index contributed by atoms with van der Waals surface area (Å²) in [5, 5.41) is 11.4. The van der Waals surface area contributed by atoms with E-state index in [1.54, 1.807) is 42.5 Å². The molecule has 0 bridgehead atoms. The highest BCUT2D eigenvalue weighted by atomic mass is 16.5. The molecule has 3 N–H and O–H groups in total. The number of benzene rings is 2. The number of hydrogen-bond acceptors (Lipinski definition) is 8. The van der Waals surface area contributed by atoms with Gasteiger partial charge in [0.2, 0.25) is 0 Å². The number of carbonyl (C=O) groups excluding carboxylic acids is 3. The largest absolute Gasteiger partial charge is 0.507 e. The minimum absolute atomic E-state index is 0.0177. The number of carbonyl (C=O) groups is 3. The summed E-state index contributed by atoms with van der Waals surface area (Å²) in [6.45, 7) is 9.55. The second-order valence-corrected chi connectivity index (χ2v) is 10.3. The third-order valence-corrected chi connectivity index (χ3v) is 6.90. The van der Waals surface area contributed by atoms with E-state index >= 15 is 0 Å². The molecule has 2 aromatic carbocycles. The van der Waals surface area contributed by atoms with Crippen molar-refractivity contribution in [1.82, 2.24) is 9.80 Å². The van der Waals surface area contributed by atoms with Gasteiger partial charge in [-0.3, -0.25) is 19.3 Å². The third kappa shape index (κ3) is 6.81. The summed E-state index contributed by atoms with van der Waals surface area (Å²) in [6.07, 6.45) is 0.639. The fourth-order valence-electron chi connectivity index (χ4n) is 4.99. The van der Waals surface area contributed by atoms with Crippen LogP contribution in [0.3, 0.4) is 0 Å². The quantitative estimate of drug-likeness (QED) is 0.248. The zero-order valence-corrected chi connectivity index (χ0v) is 23.2. The molecule has 1 unspecified atom stereocenters. The van der Waals surface area contributed by atoms with Gasteiger partial charge in [-0.25, -0.2) is 0 Å². The lowest BCUT2D eigenvalue weighted by Gasteiger charge is -2.29. The third-order valence-electron chi connectivity index (χ3n) is 6.90. The van der Waals surface area contributed by atoms with Crippen molar-refractivity contribution in [3.63, 3.8) is 0 Å². The number of aryl methyl sites for hydroxylation is 1. The number of nitrogens with two attached hydrogens (primary N) is 1. The molecule has 2 saturated heterocycles. The van der Waals surface area contributed by atoms with E-state index in [0.29, 0.717) is 48.8 Å². The number of primary amides is 1. The van der Waals surface area contributed by atoms with Gasteiger partial charge in [0.1, 0.15) is 17.3 Å². The van der Waals surface area contributed by atoms with E-state index < -0.39 is 23.6 Å². The van der Waals surface area contributed by atoms with Crippen molar-refractivity contribution in [3.8, 4) is 11.5 Å². The second-order valence-electron chi connectivity index (χ2n) is 10.3. The standard InChI is InChI=1S/C30H37N3O7/c1-19(2)40-24-10-7-22(17-20(24)3)28(35)26-27(21-5-8-23(9-6-21)39-18-25(31)34)33(30(37)29(26)36)12-4-11-32-13-15-38-16-14-32/h5-10,17,19,27,35H,4,11-16,18H2,1-3H3,(H2,31,34). The number of rotatable bonds is 11. The SMILES string of the molecule is Cc1cc(C(O)=C2C(=O)C(=O)N(CCCN3CCOCC3)C2c2ccc(OCC(N)=O)cc2)ccc1OC(C)C. The van der Waals surface area contributed by atoms with Gasteiger partial charge in [-0.2, -0.15) is 0 Å². The number of morpholine rings is 1. The van der Waals surface area contributed by atoms with Crippen LogP contribution in [0.25, 0.3) is 5.76 Å². The van der Waals surface area contributed by atoms with Gasteiger partial charge < -0.3 is 30.0 Å². The molecular weight excluding hydrogens is 514 g/mol. The molecule has 10 heteroatoms. The summed E-state index contributed by atoms with van der Waals surface area (Å²) >= 11 is 0. The topological polar surface area (TPSA) is 132 Å². The van der Waals surface area contributed by atoms with Gasteiger partial charge in [0, 0.05) is 31.7 Å². The molecule has 214 valence electrons. The Morgan fingerprint density at radius 3 is 2.42 bits per heavy atom. The number of ketones is 1. The maximum atomic E-state index is 13.4. The summed E-state index contributed by atoms with van der Waals surface area (Å²) in [5.74, 6) is -1.13. The Kier molecular flexibility index (Phi) is 9.44. The van der Waals surface area contributed by atoms with Crippen LogP contribution < -0.4 is 15.2 Å². The molecule has 40 heavy (non-hydrogen) atoms. The molecule has 2 amide bonds. The Balaban J connectivity index is 1.67. The number of hydrogen-bond donors (Lipinski definition) is 2. The molecule has 2 aliphatic rings. The van der Waals surface area contributed by atoms with Gasteiger partial charge in [0.05, 0.1) is 30.9 Å². The molecule has 0 radical (unpaired) electrons. The smallest absolute Gasteiger partial charge is 0.295 e. The van der Waals surface area contributed by atoms with Crippen molar-refractivity contribution in [2.45, 2.75) is 39.3 Å². The number of Topliss-reactive ketones (excluding diaryl/α,β-unsaturated/α-hetero) is 1. The Morgan fingerprint density at radius 1 is 1.10 bits per heavy atom. The number of likely N-dealkylation sites (tertiary alicyclic amines) is 1. The Labute approximate surface area is 234 Å². The first-order valence-electron chi connectivity index (χ1n) is 13.5. The fourth-order valence-corrected chi connectivity index (χ4v) is 4.99. The van der Waals surface area contributed by atoms with Crippen molar-refractivity contribution < 1.29 is 33.7 Å². The zero-order chi connectivity index (χ0) is 28.8. The van der Waals surface area contributed by atoms with E-state index in [-0.39, 0.29) is 24.0 Å². The molecule has 0 aliphatic carbocycles. The second kappa shape index (κ2) is 13.0. The molecule has 0 saturated carbocycles. The first kappa shape index (κ1) is 29.1. The highest BCUT2D eigenvalue weighted by molar-refractivity contribution is 6.46. The summed E-state index contributed by atoms with van der Waals surface area (Å²) in [6, 6.07) is 11.1. The molecule has 2 aromatic rings. The molecule has 2 aliphatic heterocycles. The maximum absolute atomic E-state index is 13.4. The first-order valence-corrected chi connectivity index (χ1v) is 13.5. The van der Waals surface area contributed by atoms with Crippen LogP contribution in [0, 0.1) is 6.92 Å². The van der Waals surface area contributed by atoms with Gasteiger partial charge in [-0.1, -0.05) is 12.1 Å². The van der Waals surface area contributed by atoms with Crippen molar-refractivity contribution in [2.75, 3.05) is 46.0 Å². The van der Waals surface area contributed by atoms with Crippen LogP contribution in [0.1, 0.15) is 43.0 Å². The van der Waals surface area contributed by atoms with E-state index in [0.717, 1.165) is 25.2 Å². The summed E-state index contributed by atoms with van der Waals surface area (Å²) in [7, 11) is 0. The van der Waals surface area contributed by atoms with Crippen LogP contribution in [0.2, 0.25) is 0 Å². The van der Waals surface area contributed by atoms with Crippen LogP contribution in [-0.4, -0.2) is 84.6 Å². The maximum Gasteiger partial charge on any atom is 0.295 e. The lowest BCUT2D eigenvalue weighted by atomic mass is 9.94. The van der Waals surface area contributed by atoms with Gasteiger partial charge in [0.25, 0.3) is 17.6 Å². The average molecular weight is 552 g/mol. The van der Waals surface area contributed by atoms with Gasteiger partial charge >= 0.3 is 0 Å². The summed E-state index contributed by atoms with van der Waals surface area (Å²) < 4.78 is 16.6. The Morgan fingerprint density at radius 2 is 1.80 bits per heavy atom. The lowest BCUT2D eigenvalue weighted by molar-refractivity contribution is -0.140. The highest BCUT2D eigenvalue weighted by Crippen LogP contribution is 2.40. The fraction of sp³-hybridized carbons (Fsp3) is 0.433. The predicted octanol–water partition coefficient (Wildman–Crippen LogP) is 2.79. The van der Waals surface area contributed by atoms with Gasteiger partial charge in [0.15, 0.2) is 6.61 Å². The summed E-state index contributed by atoms with van der Waals surface area (Å²) in [4.78, 5) is 41.6. The van der Waals surface area contributed by atoms with Crippen molar-refractivity contribution >= 4 is 23.4 Å². The minimum atomic E-state index is -0.790. The van der Waals surface area contributed by atoms with E-state index in [1.807, 2.05) is 20.8 Å². The zero-order valence-electron chi connectivity index (χ0n) is 23.2. The van der Waals surface area contributed by atoms with E-state index in [9.17, 15) is 19.5 Å². The normalized spacial score (nSPS) is 19.3. The van der Waals surface area contributed by atoms with Crippen molar-refractivity contribution in [2.24, 2.45) is 5.73 Å². The number of aliphatic hydroxyl groups is 1. The van der Waals surface area contributed by atoms with Crippen LogP contribution in [0.5, 0.6) is 11.5 Å². The van der Waals surface area contributed by atoms with Crippen LogP contribution in [-0.2, 0) is 19.1 Å². The van der Waals surface area contributed by atoms with Crippen molar-refractivity contribution in [1.29, 1.82) is 0 Å². The first-order chi connectivity index (χ1) is 19.2. The van der Waals surface area contributed by atoms with E-state index in [1.165, 1.54) is 4.90 Å². The molecule has 10 nitrogen and oxygen atoms in total.